The molecule has 2 N–H and O–H groups in total. The summed E-state index contributed by atoms with van der Waals surface area (Å²) in [5, 5.41) is 6.06. The van der Waals surface area contributed by atoms with Gasteiger partial charge in [-0.1, -0.05) is 20.8 Å². The molecule has 3 amide bonds. The van der Waals surface area contributed by atoms with Crippen molar-refractivity contribution in [2.75, 3.05) is 32.1 Å². The molecule has 0 aliphatic rings. The quantitative estimate of drug-likeness (QED) is 0.284. The van der Waals surface area contributed by atoms with Crippen LogP contribution < -0.4 is 14.8 Å². The van der Waals surface area contributed by atoms with Gasteiger partial charge in [-0.2, -0.15) is 13.5 Å². The molecule has 1 aromatic carbocycles. The number of anilines is 1. The molecule has 0 atom stereocenters. The third kappa shape index (κ3) is 8.51. The van der Waals surface area contributed by atoms with Crippen LogP contribution in [0.5, 0.6) is 5.88 Å². The van der Waals surface area contributed by atoms with E-state index in [1.807, 2.05) is 39.3 Å². The highest BCUT2D eigenvalue weighted by Gasteiger charge is 2.27. The first-order valence-corrected chi connectivity index (χ1v) is 15.4. The number of carbonyl (C=O) groups is 2. The normalized spacial score (nSPS) is 11.6. The Labute approximate surface area is 251 Å². The maximum absolute atomic E-state index is 14.8. The van der Waals surface area contributed by atoms with Gasteiger partial charge in [-0.25, -0.2) is 18.9 Å². The smallest absolute Gasteiger partial charge is 0.333 e. The average molecular weight is 619 g/mol. The van der Waals surface area contributed by atoms with E-state index in [1.165, 1.54) is 37.4 Å². The first-order chi connectivity index (χ1) is 20.3. The van der Waals surface area contributed by atoms with Crippen LogP contribution in [-0.4, -0.2) is 72.9 Å². The molecule has 3 rings (SSSR count). The lowest BCUT2D eigenvalue weighted by Gasteiger charge is -2.21. The molecule has 3 aromatic rings. The number of aryl methyl sites for hydroxylation is 1. The van der Waals surface area contributed by atoms with Crippen molar-refractivity contribution in [2.24, 2.45) is 7.05 Å². The largest absolute Gasteiger partial charge is 0.475 e. The number of nitrogens with one attached hydrogen (secondary N) is 2. The van der Waals surface area contributed by atoms with Crippen molar-refractivity contribution in [3.8, 4) is 17.0 Å². The molecule has 2 aromatic heterocycles. The number of carbonyl (C=O) groups excluding carboxylic acids is 2. The molecule has 0 aliphatic heterocycles. The molecule has 12 nitrogen and oxygen atoms in total. The van der Waals surface area contributed by atoms with Crippen LogP contribution in [0.3, 0.4) is 0 Å². The maximum Gasteiger partial charge on any atom is 0.333 e. The van der Waals surface area contributed by atoms with E-state index in [2.05, 4.69) is 15.4 Å². The summed E-state index contributed by atoms with van der Waals surface area (Å²) in [5.74, 6) is -0.881. The Kier molecular flexibility index (Phi) is 11.2. The summed E-state index contributed by atoms with van der Waals surface area (Å²) in [6, 6.07) is 5.80. The van der Waals surface area contributed by atoms with E-state index in [4.69, 9.17) is 9.47 Å². The van der Waals surface area contributed by atoms with Gasteiger partial charge in [0.2, 0.25) is 5.88 Å². The summed E-state index contributed by atoms with van der Waals surface area (Å²) in [7, 11) is -1.54. The molecular formula is C29H39FN6O6S. The summed E-state index contributed by atoms with van der Waals surface area (Å²) >= 11 is 0. The minimum atomic E-state index is -4.50. The van der Waals surface area contributed by atoms with Gasteiger partial charge in [0.05, 0.1) is 18.4 Å². The lowest BCUT2D eigenvalue weighted by atomic mass is 9.94. The van der Waals surface area contributed by atoms with Crippen LogP contribution in [0.4, 0.5) is 14.9 Å². The Morgan fingerprint density at radius 3 is 2.47 bits per heavy atom. The fourth-order valence-electron chi connectivity index (χ4n) is 4.37. The summed E-state index contributed by atoms with van der Waals surface area (Å²) in [5.41, 5.74) is 1.51. The summed E-state index contributed by atoms with van der Waals surface area (Å²) in [4.78, 5) is 32.0. The van der Waals surface area contributed by atoms with Crippen LogP contribution in [0.25, 0.3) is 11.1 Å². The number of methoxy groups -OCH3 is 1. The lowest BCUT2D eigenvalue weighted by molar-refractivity contribution is 0.0685. The number of aromatic nitrogens is 3. The van der Waals surface area contributed by atoms with Crippen LogP contribution in [0.15, 0.2) is 41.6 Å². The van der Waals surface area contributed by atoms with Crippen molar-refractivity contribution >= 4 is 27.6 Å². The van der Waals surface area contributed by atoms with Gasteiger partial charge in [0.1, 0.15) is 11.5 Å². The lowest BCUT2D eigenvalue weighted by Crippen LogP contribution is -2.35. The molecule has 0 saturated carbocycles. The molecular weight excluding hydrogens is 579 g/mol. The number of urea groups is 1. The Morgan fingerprint density at radius 1 is 1.12 bits per heavy atom. The number of sulfonamides is 1. The van der Waals surface area contributed by atoms with Crippen molar-refractivity contribution < 1.29 is 31.9 Å². The summed E-state index contributed by atoms with van der Waals surface area (Å²) in [6.07, 6.45) is 2.03. The minimum Gasteiger partial charge on any atom is -0.475 e. The van der Waals surface area contributed by atoms with Gasteiger partial charge in [0.25, 0.3) is 15.9 Å². The highest BCUT2D eigenvalue weighted by Crippen LogP contribution is 2.37. The van der Waals surface area contributed by atoms with E-state index >= 15 is 0 Å². The first-order valence-electron chi connectivity index (χ1n) is 13.9. The molecule has 0 bridgehead atoms. The zero-order valence-electron chi connectivity index (χ0n) is 25.5. The Balaban J connectivity index is 1.93. The van der Waals surface area contributed by atoms with Crippen molar-refractivity contribution in [1.82, 2.24) is 24.4 Å². The number of pyridine rings is 1. The highest BCUT2D eigenvalue weighted by atomic mass is 32.2. The number of rotatable bonds is 13. The number of hydrogen-bond acceptors (Lipinski definition) is 8. The van der Waals surface area contributed by atoms with Gasteiger partial charge >= 0.3 is 6.03 Å². The molecule has 0 aliphatic carbocycles. The number of halogens is 1. The third-order valence-corrected chi connectivity index (χ3v) is 7.53. The topological polar surface area (TPSA) is 145 Å². The second kappa shape index (κ2) is 14.4. The van der Waals surface area contributed by atoms with Gasteiger partial charge in [-0.05, 0) is 55.5 Å². The van der Waals surface area contributed by atoms with Crippen LogP contribution >= 0.6 is 0 Å². The van der Waals surface area contributed by atoms with Crippen LogP contribution in [0, 0.1) is 5.82 Å². The van der Waals surface area contributed by atoms with E-state index in [9.17, 15) is 22.4 Å². The van der Waals surface area contributed by atoms with Crippen LogP contribution in [-0.2, 0) is 21.8 Å². The molecule has 0 saturated heterocycles. The molecule has 234 valence electrons. The number of ether oxygens (including phenoxy) is 2. The summed E-state index contributed by atoms with van der Waals surface area (Å²) < 4.78 is 55.0. The average Bonchev–Trinajstić information content (AvgIpc) is 3.33. The number of nitrogens with zero attached hydrogens (tertiary/aromatic N) is 4. The van der Waals surface area contributed by atoms with Gasteiger partial charge in [-0.3, -0.25) is 9.48 Å². The second-order valence-electron chi connectivity index (χ2n) is 10.5. The van der Waals surface area contributed by atoms with E-state index in [-0.39, 0.29) is 23.4 Å². The van der Waals surface area contributed by atoms with Crippen molar-refractivity contribution in [3.05, 3.63) is 53.6 Å². The van der Waals surface area contributed by atoms with E-state index in [0.717, 1.165) is 10.7 Å². The molecule has 0 fully saturated rings. The van der Waals surface area contributed by atoms with Crippen LogP contribution in [0.1, 0.15) is 63.0 Å². The number of amides is 3. The van der Waals surface area contributed by atoms with Crippen molar-refractivity contribution in [3.63, 3.8) is 0 Å². The third-order valence-electron chi connectivity index (χ3n) is 6.32. The number of benzene rings is 1. The van der Waals surface area contributed by atoms with Crippen molar-refractivity contribution in [2.45, 2.75) is 58.1 Å². The fourth-order valence-corrected chi connectivity index (χ4v) is 5.26. The van der Waals surface area contributed by atoms with E-state index in [0.29, 0.717) is 48.7 Å². The van der Waals surface area contributed by atoms with E-state index in [1.54, 1.807) is 12.1 Å². The monoisotopic (exact) mass is 618 g/mol. The highest BCUT2D eigenvalue weighted by molar-refractivity contribution is 7.90. The van der Waals surface area contributed by atoms with Gasteiger partial charge in [0, 0.05) is 51.1 Å². The number of hydrogen-bond donors (Lipinski definition) is 2. The van der Waals surface area contributed by atoms with Crippen LogP contribution in [0.2, 0.25) is 0 Å². The SMILES string of the molecule is CCCN(CCOC)C(=O)c1cc(S(=O)(=O)NC(=O)Nc2c(-c3ccnc(OC(C)C)c3)cc(F)cc2C(C)C)nn1C. The molecule has 14 heteroatoms. The molecule has 2 heterocycles. The molecule has 0 unspecified atom stereocenters. The second-order valence-corrected chi connectivity index (χ2v) is 12.1. The Bertz CT molecular complexity index is 1560. The zero-order chi connectivity index (χ0) is 31.9. The molecule has 0 spiro atoms. The molecule has 43 heavy (non-hydrogen) atoms. The predicted molar refractivity (Wildman–Crippen MR) is 160 cm³/mol. The van der Waals surface area contributed by atoms with E-state index < -0.39 is 32.8 Å². The predicted octanol–water partition coefficient (Wildman–Crippen LogP) is 4.54. The Hall–Kier alpha value is -4.04. The standard InChI is InChI=1S/C29H39FN6O6S/c1-8-11-36(12-13-41-7)28(37)24-17-26(33-35(24)6)43(39,40)34-29(38)32-27-22(18(2)3)15-21(30)16-23(27)20-9-10-31-25(14-20)42-19(4)5/h9-10,14-19H,8,11-13H2,1-7H3,(H2,32,34,38). The van der Waals surface area contributed by atoms with Crippen molar-refractivity contribution in [1.29, 1.82) is 0 Å². The summed E-state index contributed by atoms with van der Waals surface area (Å²) in [6.45, 7) is 10.3. The van der Waals surface area contributed by atoms with Gasteiger partial charge < -0.3 is 19.7 Å². The van der Waals surface area contributed by atoms with Gasteiger partial charge in [0.15, 0.2) is 5.03 Å². The maximum atomic E-state index is 14.8. The molecule has 0 radical (unpaired) electrons. The Morgan fingerprint density at radius 2 is 1.84 bits per heavy atom. The fraction of sp³-hybridized carbons (Fsp3) is 0.448. The zero-order valence-corrected chi connectivity index (χ0v) is 26.3. The van der Waals surface area contributed by atoms with Gasteiger partial charge in [-0.15, -0.1) is 0 Å². The first kappa shape index (κ1) is 33.5. The minimum absolute atomic E-state index is 0.0327.